The van der Waals surface area contributed by atoms with E-state index in [0.717, 1.165) is 30.6 Å². The second-order valence-corrected chi connectivity index (χ2v) is 7.81. The van der Waals surface area contributed by atoms with E-state index in [0.29, 0.717) is 35.9 Å². The van der Waals surface area contributed by atoms with Crippen molar-refractivity contribution in [1.29, 1.82) is 0 Å². The van der Waals surface area contributed by atoms with E-state index in [9.17, 15) is 9.59 Å². The van der Waals surface area contributed by atoms with Crippen LogP contribution in [0.15, 0.2) is 16.2 Å². The first-order chi connectivity index (χ1) is 12.7. The largest absolute Gasteiger partial charge is 0.353 e. The fourth-order valence-corrected chi connectivity index (χ4v) is 4.59. The summed E-state index contributed by atoms with van der Waals surface area (Å²) in [6.45, 7) is 2.64. The highest BCUT2D eigenvalue weighted by molar-refractivity contribution is 7.17. The van der Waals surface area contributed by atoms with Gasteiger partial charge in [-0.1, -0.05) is 19.8 Å². The maximum Gasteiger partial charge on any atom is 0.272 e. The lowest BCUT2D eigenvalue weighted by molar-refractivity contribution is -0.121. The van der Waals surface area contributed by atoms with Gasteiger partial charge in [-0.05, 0) is 30.7 Å². The van der Waals surface area contributed by atoms with Gasteiger partial charge in [-0.15, -0.1) is 21.5 Å². The predicted octanol–water partition coefficient (Wildman–Crippen LogP) is 2.51. The normalized spacial score (nSPS) is 15.3. The molecular weight excluding hydrogens is 350 g/mol. The van der Waals surface area contributed by atoms with Crippen molar-refractivity contribution < 1.29 is 4.79 Å². The highest BCUT2D eigenvalue weighted by Crippen LogP contribution is 2.21. The third-order valence-electron chi connectivity index (χ3n) is 5.02. The minimum Gasteiger partial charge on any atom is -0.353 e. The Balaban J connectivity index is 1.63. The summed E-state index contributed by atoms with van der Waals surface area (Å²) in [6, 6.07) is 2.26. The standard InChI is InChI=1S/C18H23N5O2S/c1-2-10-22-17(25)16-13(9-11-26-16)23-14(20-21-18(22)23)7-8-15(24)19-12-5-3-4-6-12/h9,11-12H,2-8,10H2,1H3,(H,19,24). The lowest BCUT2D eigenvalue weighted by atomic mass is 10.2. The summed E-state index contributed by atoms with van der Waals surface area (Å²) in [5, 5.41) is 13.6. The summed E-state index contributed by atoms with van der Waals surface area (Å²) in [6.07, 6.45) is 6.30. The van der Waals surface area contributed by atoms with Crippen LogP contribution in [0.1, 0.15) is 51.3 Å². The zero-order valence-corrected chi connectivity index (χ0v) is 15.7. The number of nitrogens with zero attached hydrogens (tertiary/aromatic N) is 4. The van der Waals surface area contributed by atoms with E-state index in [-0.39, 0.29) is 11.5 Å². The lowest BCUT2D eigenvalue weighted by Gasteiger charge is -2.11. The Labute approximate surface area is 155 Å². The molecule has 1 fully saturated rings. The van der Waals surface area contributed by atoms with E-state index in [1.165, 1.54) is 24.2 Å². The molecule has 3 aromatic heterocycles. The number of fused-ring (bicyclic) bond motifs is 3. The molecule has 7 nitrogen and oxygen atoms in total. The van der Waals surface area contributed by atoms with Gasteiger partial charge in [0.05, 0.1) is 5.52 Å². The van der Waals surface area contributed by atoms with Crippen molar-refractivity contribution in [2.24, 2.45) is 0 Å². The van der Waals surface area contributed by atoms with Crippen LogP contribution in [-0.2, 0) is 17.8 Å². The molecule has 0 saturated heterocycles. The number of carbonyl (C=O) groups is 1. The third-order valence-corrected chi connectivity index (χ3v) is 5.91. The van der Waals surface area contributed by atoms with Crippen LogP contribution in [0.5, 0.6) is 0 Å². The maximum atomic E-state index is 12.7. The van der Waals surface area contributed by atoms with Gasteiger partial charge in [-0.25, -0.2) is 0 Å². The number of nitrogens with one attached hydrogen (secondary N) is 1. The van der Waals surface area contributed by atoms with Crippen molar-refractivity contribution in [2.75, 3.05) is 0 Å². The van der Waals surface area contributed by atoms with Crippen LogP contribution in [0.4, 0.5) is 0 Å². The quantitative estimate of drug-likeness (QED) is 0.720. The zero-order chi connectivity index (χ0) is 18.1. The number of hydrogen-bond donors (Lipinski definition) is 1. The van der Waals surface area contributed by atoms with Gasteiger partial charge in [0.1, 0.15) is 10.5 Å². The van der Waals surface area contributed by atoms with Gasteiger partial charge in [0.25, 0.3) is 5.56 Å². The van der Waals surface area contributed by atoms with Crippen LogP contribution >= 0.6 is 11.3 Å². The van der Waals surface area contributed by atoms with E-state index in [2.05, 4.69) is 15.5 Å². The Morgan fingerprint density at radius 1 is 1.35 bits per heavy atom. The Kier molecular flexibility index (Phi) is 4.76. The Morgan fingerprint density at radius 2 is 2.15 bits per heavy atom. The first-order valence-corrected chi connectivity index (χ1v) is 10.2. The van der Waals surface area contributed by atoms with Crippen LogP contribution in [-0.4, -0.2) is 31.1 Å². The van der Waals surface area contributed by atoms with Gasteiger partial charge < -0.3 is 5.32 Å². The molecule has 1 aliphatic rings. The van der Waals surface area contributed by atoms with E-state index >= 15 is 0 Å². The average Bonchev–Trinajstić information content (AvgIpc) is 3.36. The van der Waals surface area contributed by atoms with Crippen LogP contribution in [0.25, 0.3) is 16.0 Å². The predicted molar refractivity (Wildman–Crippen MR) is 102 cm³/mol. The second-order valence-electron chi connectivity index (χ2n) is 6.89. The number of hydrogen-bond acceptors (Lipinski definition) is 5. The van der Waals surface area contributed by atoms with Gasteiger partial charge in [0.15, 0.2) is 0 Å². The first kappa shape index (κ1) is 17.2. The van der Waals surface area contributed by atoms with Crippen LogP contribution in [0.3, 0.4) is 0 Å². The summed E-state index contributed by atoms with van der Waals surface area (Å²) in [5.74, 6) is 1.36. The van der Waals surface area contributed by atoms with Crippen LogP contribution < -0.4 is 10.9 Å². The van der Waals surface area contributed by atoms with Crippen molar-refractivity contribution in [3.05, 3.63) is 27.6 Å². The molecule has 3 aromatic rings. The molecule has 0 unspecified atom stereocenters. The molecule has 0 bridgehead atoms. The topological polar surface area (TPSA) is 81.3 Å². The number of aromatic nitrogens is 4. The van der Waals surface area contributed by atoms with E-state index in [1.54, 1.807) is 4.57 Å². The van der Waals surface area contributed by atoms with Crippen molar-refractivity contribution in [3.8, 4) is 0 Å². The van der Waals surface area contributed by atoms with Crippen LogP contribution in [0.2, 0.25) is 0 Å². The smallest absolute Gasteiger partial charge is 0.272 e. The molecule has 0 atom stereocenters. The van der Waals surface area contributed by atoms with Crippen LogP contribution in [0, 0.1) is 0 Å². The number of carbonyl (C=O) groups excluding carboxylic acids is 1. The molecule has 1 aliphatic carbocycles. The third kappa shape index (κ3) is 3.02. The summed E-state index contributed by atoms with van der Waals surface area (Å²) in [5.41, 5.74) is 0.820. The van der Waals surface area contributed by atoms with E-state index < -0.39 is 0 Å². The second kappa shape index (κ2) is 7.19. The monoisotopic (exact) mass is 373 g/mol. The molecule has 138 valence electrons. The highest BCUT2D eigenvalue weighted by Gasteiger charge is 2.19. The van der Waals surface area contributed by atoms with E-state index in [4.69, 9.17) is 0 Å². The van der Waals surface area contributed by atoms with Gasteiger partial charge in [0, 0.05) is 25.4 Å². The molecular formula is C18H23N5O2S. The highest BCUT2D eigenvalue weighted by atomic mass is 32.1. The molecule has 0 radical (unpaired) electrons. The van der Waals surface area contributed by atoms with Gasteiger partial charge in [-0.2, -0.15) is 0 Å². The minimum absolute atomic E-state index is 0.0118. The molecule has 1 N–H and O–H groups in total. The number of rotatable bonds is 6. The minimum atomic E-state index is -0.0118. The van der Waals surface area contributed by atoms with Crippen molar-refractivity contribution in [3.63, 3.8) is 0 Å². The molecule has 26 heavy (non-hydrogen) atoms. The Bertz CT molecular complexity index is 996. The fourth-order valence-electron chi connectivity index (χ4n) is 3.76. The van der Waals surface area contributed by atoms with E-state index in [1.807, 2.05) is 22.8 Å². The van der Waals surface area contributed by atoms with Crippen molar-refractivity contribution in [2.45, 2.75) is 64.5 Å². The molecule has 3 heterocycles. The Hall–Kier alpha value is -2.22. The zero-order valence-electron chi connectivity index (χ0n) is 14.9. The number of thiophene rings is 1. The number of aryl methyl sites for hydroxylation is 2. The van der Waals surface area contributed by atoms with Gasteiger partial charge in [0.2, 0.25) is 11.7 Å². The van der Waals surface area contributed by atoms with Gasteiger partial charge in [-0.3, -0.25) is 18.6 Å². The SMILES string of the molecule is CCCn1c(=O)c2sccc2n2c(CCC(=O)NC3CCCC3)nnc12. The molecule has 4 rings (SSSR count). The fraction of sp³-hybridized carbons (Fsp3) is 0.556. The van der Waals surface area contributed by atoms with Gasteiger partial charge >= 0.3 is 0 Å². The summed E-state index contributed by atoms with van der Waals surface area (Å²) < 4.78 is 4.34. The summed E-state index contributed by atoms with van der Waals surface area (Å²) >= 11 is 1.44. The molecule has 1 saturated carbocycles. The molecule has 0 aromatic carbocycles. The molecule has 0 aliphatic heterocycles. The maximum absolute atomic E-state index is 12.7. The Morgan fingerprint density at radius 3 is 2.92 bits per heavy atom. The summed E-state index contributed by atoms with van der Waals surface area (Å²) in [4.78, 5) is 24.9. The molecule has 8 heteroatoms. The molecule has 0 spiro atoms. The van der Waals surface area contributed by atoms with Crippen molar-refractivity contribution in [1.82, 2.24) is 24.5 Å². The lowest BCUT2D eigenvalue weighted by Crippen LogP contribution is -2.32. The number of amides is 1. The van der Waals surface area contributed by atoms with Crippen molar-refractivity contribution >= 4 is 33.2 Å². The first-order valence-electron chi connectivity index (χ1n) is 9.32. The summed E-state index contributed by atoms with van der Waals surface area (Å²) in [7, 11) is 0. The molecule has 1 amide bonds. The average molecular weight is 373 g/mol.